The van der Waals surface area contributed by atoms with E-state index in [1.165, 1.54) is 19.3 Å². The number of esters is 1. The number of carbonyl (C=O) groups excluding carboxylic acids is 1. The number of carbonyl (C=O) groups is 1. The standard InChI is InChI=1S/C20H24BrN2O3S.2CH3.2ClH.Sn/c1-2-26-20(25)19-14-10-18(24)15(21)11-16(14)23(13-6-7-13)17(19)12-27-22-8-4-3-5-9-22;;;;;/h11,13,24H,2-9,12H2,1H3;2*1H3;2*1H;. The van der Waals surface area contributed by atoms with Gasteiger partial charge >= 0.3 is 200 Å². The zero-order valence-electron chi connectivity index (χ0n) is 18.8. The van der Waals surface area contributed by atoms with Crippen LogP contribution in [-0.2, 0) is 10.5 Å². The molecule has 1 aliphatic heterocycles. The molecule has 4 rings (SSSR count). The maximum atomic E-state index is 13.2. The van der Waals surface area contributed by atoms with Crippen molar-refractivity contribution in [2.24, 2.45) is 0 Å². The first-order valence-electron chi connectivity index (χ1n) is 10.9. The summed E-state index contributed by atoms with van der Waals surface area (Å²) in [5.74, 6) is 0.836. The normalized spacial score (nSPS) is 16.7. The molecule has 1 aromatic carbocycles. The van der Waals surface area contributed by atoms with Gasteiger partial charge in [-0.1, -0.05) is 0 Å². The first-order chi connectivity index (χ1) is 14.4. The predicted molar refractivity (Wildman–Crippen MR) is 144 cm³/mol. The first-order valence-corrected chi connectivity index (χ1v) is 19.7. The van der Waals surface area contributed by atoms with Crippen LogP contribution in [0.4, 0.5) is 0 Å². The van der Waals surface area contributed by atoms with E-state index in [-0.39, 0.29) is 30.8 Å². The van der Waals surface area contributed by atoms with Crippen molar-refractivity contribution in [1.82, 2.24) is 8.87 Å². The minimum absolute atomic E-state index is 0. The van der Waals surface area contributed by atoms with Gasteiger partial charge in [0.05, 0.1) is 0 Å². The number of aromatic hydroxyl groups is 1. The monoisotopic (exact) mass is 673 g/mol. The van der Waals surface area contributed by atoms with Gasteiger partial charge in [-0.05, 0) is 0 Å². The van der Waals surface area contributed by atoms with E-state index in [9.17, 15) is 9.90 Å². The minimum Gasteiger partial charge on any atom is -0.147 e. The average Bonchev–Trinajstić information content (AvgIpc) is 3.50. The van der Waals surface area contributed by atoms with Crippen LogP contribution in [0.5, 0.6) is 5.75 Å². The summed E-state index contributed by atoms with van der Waals surface area (Å²) in [4.78, 5) is 17.7. The zero-order chi connectivity index (χ0) is 21.4. The second-order valence-electron chi connectivity index (χ2n) is 8.38. The fourth-order valence-corrected chi connectivity index (χ4v) is 10.4. The number of nitrogens with zero attached hydrogens (tertiary/aromatic N) is 2. The number of ether oxygens (including phenoxy) is 1. The second-order valence-corrected chi connectivity index (χ2v) is 17.4. The second kappa shape index (κ2) is 12.2. The third-order valence-electron chi connectivity index (χ3n) is 5.91. The number of phenolic OH excluding ortho intramolecular Hbond substituents is 1. The molecule has 1 radical (unpaired) electrons. The maximum Gasteiger partial charge on any atom is -0.147 e. The molecule has 1 saturated carbocycles. The molecule has 0 spiro atoms. The van der Waals surface area contributed by atoms with Crippen molar-refractivity contribution in [3.63, 3.8) is 0 Å². The quantitative estimate of drug-likeness (QED) is 0.220. The van der Waals surface area contributed by atoms with Crippen LogP contribution in [0.1, 0.15) is 61.1 Å². The summed E-state index contributed by atoms with van der Waals surface area (Å²) in [5, 5.41) is 11.9. The molecule has 2 aliphatic rings. The van der Waals surface area contributed by atoms with Gasteiger partial charge in [0.15, 0.2) is 0 Å². The Hall–Kier alpha value is 0.199. The largest absolute Gasteiger partial charge is 0.147 e. The van der Waals surface area contributed by atoms with Crippen molar-refractivity contribution in [3.8, 4) is 5.75 Å². The van der Waals surface area contributed by atoms with Crippen LogP contribution < -0.4 is 3.58 Å². The fraction of sp³-hybridized carbons (Fsp3) is 0.591. The molecule has 1 aliphatic carbocycles. The van der Waals surface area contributed by atoms with Crippen molar-refractivity contribution < 1.29 is 14.6 Å². The number of piperidine rings is 1. The summed E-state index contributed by atoms with van der Waals surface area (Å²) in [6, 6.07) is 2.45. The van der Waals surface area contributed by atoms with Gasteiger partial charge in [0.2, 0.25) is 0 Å². The Balaban J connectivity index is 0.00000181. The van der Waals surface area contributed by atoms with Crippen molar-refractivity contribution in [2.75, 3.05) is 19.7 Å². The van der Waals surface area contributed by atoms with Crippen LogP contribution in [-0.4, -0.2) is 59.4 Å². The Bertz CT molecular complexity index is 963. The van der Waals surface area contributed by atoms with E-state index in [2.05, 4.69) is 34.7 Å². The molecule has 0 bridgehead atoms. The molecule has 0 unspecified atom stereocenters. The summed E-state index contributed by atoms with van der Waals surface area (Å²) in [7, 11) is 0. The molecular formula is C22H32BrCl2N2O3SSn. The van der Waals surface area contributed by atoms with Crippen LogP contribution in [0.25, 0.3) is 10.9 Å². The minimum atomic E-state index is -2.04. The van der Waals surface area contributed by atoms with Crippen LogP contribution in [0.2, 0.25) is 9.88 Å². The average molecular weight is 674 g/mol. The Morgan fingerprint density at radius 1 is 1.25 bits per heavy atom. The van der Waals surface area contributed by atoms with E-state index < -0.39 is 19.8 Å². The van der Waals surface area contributed by atoms with E-state index in [1.807, 2.05) is 24.9 Å². The Morgan fingerprint density at radius 3 is 2.47 bits per heavy atom. The third-order valence-corrected chi connectivity index (χ3v) is 11.9. The van der Waals surface area contributed by atoms with Gasteiger partial charge < -0.3 is 0 Å². The zero-order valence-corrected chi connectivity index (χ0v) is 25.7. The van der Waals surface area contributed by atoms with E-state index in [1.54, 1.807) is 0 Å². The van der Waals surface area contributed by atoms with E-state index >= 15 is 0 Å². The Morgan fingerprint density at radius 2 is 1.91 bits per heavy atom. The molecule has 1 N–H and O–H groups in total. The molecule has 10 heteroatoms. The van der Waals surface area contributed by atoms with Crippen LogP contribution >= 0.6 is 52.7 Å². The number of phenols is 1. The summed E-state index contributed by atoms with van der Waals surface area (Å²) >= 11 is 3.38. The third kappa shape index (κ3) is 5.70. The molecular weight excluding hydrogens is 642 g/mol. The number of fused-ring (bicyclic) bond motifs is 1. The van der Waals surface area contributed by atoms with Crippen molar-refractivity contribution >= 4 is 92.9 Å². The van der Waals surface area contributed by atoms with E-state index in [4.69, 9.17) is 4.74 Å². The maximum absolute atomic E-state index is 13.2. The number of hydrogen-bond donors (Lipinski definition) is 1. The number of benzene rings is 1. The molecule has 2 heterocycles. The molecule has 5 nitrogen and oxygen atoms in total. The van der Waals surface area contributed by atoms with Crippen molar-refractivity contribution in [3.05, 3.63) is 21.8 Å². The van der Waals surface area contributed by atoms with Gasteiger partial charge in [-0.3, -0.25) is 0 Å². The van der Waals surface area contributed by atoms with Gasteiger partial charge in [-0.25, -0.2) is 0 Å². The number of halogens is 3. The van der Waals surface area contributed by atoms with E-state index in [0.717, 1.165) is 56.3 Å². The number of aromatic nitrogens is 1. The Labute approximate surface area is 222 Å². The SMILES string of the molecule is CCOC(=O)c1c(CSN2CCCCC2)n(C2CC2)c2cc(Br)c(O)[c]([Sn]([CH3])[CH3])c12.Cl.Cl. The van der Waals surface area contributed by atoms with Gasteiger partial charge in [0.1, 0.15) is 0 Å². The van der Waals surface area contributed by atoms with Gasteiger partial charge in [0, 0.05) is 0 Å². The molecule has 2 fully saturated rings. The van der Waals surface area contributed by atoms with Crippen LogP contribution in [0.15, 0.2) is 10.5 Å². The molecule has 0 atom stereocenters. The number of hydrogen-bond acceptors (Lipinski definition) is 5. The molecule has 0 amide bonds. The molecule has 32 heavy (non-hydrogen) atoms. The summed E-state index contributed by atoms with van der Waals surface area (Å²) in [5.41, 5.74) is 2.85. The summed E-state index contributed by atoms with van der Waals surface area (Å²) in [6.45, 7) is 4.44. The summed E-state index contributed by atoms with van der Waals surface area (Å²) < 4.78 is 12.1. The number of rotatable bonds is 7. The molecule has 1 saturated heterocycles. The topological polar surface area (TPSA) is 54.7 Å². The van der Waals surface area contributed by atoms with Gasteiger partial charge in [-0.15, -0.1) is 24.8 Å². The van der Waals surface area contributed by atoms with E-state index in [0.29, 0.717) is 24.0 Å². The Kier molecular flexibility index (Phi) is 10.9. The molecule has 1 aromatic heterocycles. The predicted octanol–water partition coefficient (Wildman–Crippen LogP) is 6.06. The van der Waals surface area contributed by atoms with Crippen LogP contribution in [0.3, 0.4) is 0 Å². The summed E-state index contributed by atoms with van der Waals surface area (Å²) in [6.07, 6.45) is 6.09. The van der Waals surface area contributed by atoms with Crippen LogP contribution in [0, 0.1) is 0 Å². The van der Waals surface area contributed by atoms with Crippen molar-refractivity contribution in [1.29, 1.82) is 0 Å². The first kappa shape index (κ1) is 28.4. The fourth-order valence-electron chi connectivity index (χ4n) is 4.43. The molecule has 2 aromatic rings. The van der Waals surface area contributed by atoms with Crippen molar-refractivity contribution in [2.45, 2.75) is 60.7 Å². The van der Waals surface area contributed by atoms with Gasteiger partial charge in [0.25, 0.3) is 0 Å². The smallest absolute Gasteiger partial charge is 0.147 e. The van der Waals surface area contributed by atoms with Gasteiger partial charge in [-0.2, -0.15) is 0 Å². The molecule has 179 valence electrons.